The molecule has 0 bridgehead atoms. The zero-order valence-corrected chi connectivity index (χ0v) is 28.2. The van der Waals surface area contributed by atoms with Gasteiger partial charge in [-0.25, -0.2) is 0 Å². The summed E-state index contributed by atoms with van der Waals surface area (Å²) in [6.45, 7) is 6.27. The van der Waals surface area contributed by atoms with Crippen LogP contribution in [0.25, 0.3) is 0 Å². The van der Waals surface area contributed by atoms with E-state index in [2.05, 4.69) is 20.8 Å². The molecule has 0 N–H and O–H groups in total. The van der Waals surface area contributed by atoms with E-state index >= 15 is 0 Å². The molecule has 0 radical (unpaired) electrons. The Morgan fingerprint density at radius 1 is 0.378 bits per heavy atom. The van der Waals surface area contributed by atoms with E-state index in [4.69, 9.17) is 8.93 Å². The van der Waals surface area contributed by atoms with Crippen molar-refractivity contribution in [2.45, 2.75) is 136 Å². The van der Waals surface area contributed by atoms with Gasteiger partial charge in [-0.2, -0.15) is 0 Å². The van der Waals surface area contributed by atoms with Gasteiger partial charge in [-0.15, -0.1) is 0 Å². The molecule has 0 heterocycles. The summed E-state index contributed by atoms with van der Waals surface area (Å²) in [5, 5.41) is 0. The molecule has 0 aromatic heterocycles. The molecule has 0 saturated carbocycles. The summed E-state index contributed by atoms with van der Waals surface area (Å²) in [6.07, 6.45) is 15.3. The molecule has 0 unspecified atom stereocenters. The fourth-order valence-electron chi connectivity index (χ4n) is 3.73. The number of unbranched alkanes of at least 4 members (excludes halogenated alkanes) is 15. The second-order valence-electron chi connectivity index (χ2n) is 9.67. The van der Waals surface area contributed by atoms with Gasteiger partial charge in [-0.1, -0.05) is 0 Å². The van der Waals surface area contributed by atoms with Crippen LogP contribution in [0.15, 0.2) is 0 Å². The Kier molecular flexibility index (Phi) is 22.3. The Hall–Kier alpha value is 0.366. The maximum atomic E-state index is 12.5. The van der Waals surface area contributed by atoms with Crippen molar-refractivity contribution in [2.24, 2.45) is 0 Å². The normalized spacial score (nSPS) is 12.7. The van der Waals surface area contributed by atoms with Gasteiger partial charge >= 0.3 is 235 Å². The predicted molar refractivity (Wildman–Crippen MR) is 150 cm³/mol. The van der Waals surface area contributed by atoms with Gasteiger partial charge in [0.05, 0.1) is 0 Å². The third-order valence-electron chi connectivity index (χ3n) is 5.92. The topological polar surface area (TPSA) is 130 Å². The molecule has 37 heavy (non-hydrogen) atoms. The van der Waals surface area contributed by atoms with E-state index in [0.29, 0.717) is 38.5 Å². The number of rotatable bonds is 27. The van der Waals surface area contributed by atoms with Crippen molar-refractivity contribution >= 4 is 47.7 Å². The van der Waals surface area contributed by atoms with Crippen LogP contribution >= 0.6 is 0 Å². The minimum absolute atomic E-state index is 0.331. The van der Waals surface area contributed by atoms with Crippen LogP contribution in [-0.4, -0.2) is 59.8 Å². The van der Waals surface area contributed by atoms with Gasteiger partial charge in [0.2, 0.25) is 0 Å². The second-order valence-corrected chi connectivity index (χ2v) is 19.7. The summed E-state index contributed by atoms with van der Waals surface area (Å²) in [5.74, 6) is -0.992. The summed E-state index contributed by atoms with van der Waals surface area (Å²) < 4.78 is 90.0. The summed E-state index contributed by atoms with van der Waals surface area (Å²) in [4.78, 5) is 0. The standard InChI is InChI=1S/3C8H18O3S.Ga/c3*1-2-3-4-5-6-7-8-12(9,10)11;/h3*2-8H2,1H3,(H,9,10,11);/q;;;+3/p-3. The van der Waals surface area contributed by atoms with E-state index in [1.54, 1.807) is 0 Å². The zero-order chi connectivity index (χ0) is 28.0. The van der Waals surface area contributed by atoms with Gasteiger partial charge in [0, 0.05) is 0 Å². The first-order chi connectivity index (χ1) is 17.5. The van der Waals surface area contributed by atoms with Crippen LogP contribution in [0, 0.1) is 0 Å². The molecule has 0 atom stereocenters. The van der Waals surface area contributed by atoms with Crippen molar-refractivity contribution in [1.82, 2.24) is 0 Å². The predicted octanol–water partition coefficient (Wildman–Crippen LogP) is 6.09. The van der Waals surface area contributed by atoms with Crippen LogP contribution < -0.4 is 0 Å². The molecule has 0 aliphatic rings. The van der Waals surface area contributed by atoms with Crippen LogP contribution in [0.1, 0.15) is 136 Å². The monoisotopic (exact) mass is 648 g/mol. The molecule has 0 aliphatic carbocycles. The van der Waals surface area contributed by atoms with Crippen molar-refractivity contribution in [2.75, 3.05) is 17.3 Å². The van der Waals surface area contributed by atoms with Gasteiger partial charge in [0.25, 0.3) is 0 Å². The van der Waals surface area contributed by atoms with E-state index in [9.17, 15) is 25.3 Å². The van der Waals surface area contributed by atoms with E-state index in [1.807, 2.05) is 0 Å². The van der Waals surface area contributed by atoms with Gasteiger partial charge < -0.3 is 0 Å². The molecule has 0 fully saturated rings. The van der Waals surface area contributed by atoms with Gasteiger partial charge in [-0.3, -0.25) is 0 Å². The molecule has 0 aromatic rings. The Labute approximate surface area is 234 Å². The van der Waals surface area contributed by atoms with Crippen molar-refractivity contribution < 1.29 is 34.2 Å². The molecule has 222 valence electrons. The van der Waals surface area contributed by atoms with Crippen LogP contribution in [0.4, 0.5) is 0 Å². The number of hydrogen-bond acceptors (Lipinski definition) is 9. The third-order valence-corrected chi connectivity index (χ3v) is 18.1. The Balaban J connectivity index is 5.04. The molecular formula is C24H51GaO9S3. The molecular weight excluding hydrogens is 598 g/mol. The van der Waals surface area contributed by atoms with Crippen LogP contribution in [-0.2, 0) is 39.3 Å². The fraction of sp³-hybridized carbons (Fsp3) is 1.00. The molecule has 0 amide bonds. The average molecular weight is 650 g/mol. The molecule has 0 saturated heterocycles. The van der Waals surface area contributed by atoms with Gasteiger partial charge in [0.15, 0.2) is 0 Å². The quantitative estimate of drug-likeness (QED) is 0.0766. The summed E-state index contributed by atoms with van der Waals surface area (Å²) in [7, 11) is -12.6. The molecule has 0 spiro atoms. The minimum atomic E-state index is -4.68. The van der Waals surface area contributed by atoms with Gasteiger partial charge in [0.1, 0.15) is 0 Å². The zero-order valence-electron chi connectivity index (χ0n) is 23.3. The first kappa shape index (κ1) is 37.4. The third kappa shape index (κ3) is 23.9. The number of hydrogen-bond donors (Lipinski definition) is 0. The SMILES string of the molecule is CCCCCCCCS(=O)(=O)[O][Ga]([O]S(=O)(=O)CCCCCCCC)[O]S(=O)(=O)CCCCCCCC. The van der Waals surface area contributed by atoms with Crippen LogP contribution in [0.5, 0.6) is 0 Å². The average Bonchev–Trinajstić information content (AvgIpc) is 2.79. The van der Waals surface area contributed by atoms with E-state index in [0.717, 1.165) is 77.0 Å². The fourth-order valence-corrected chi connectivity index (χ4v) is 14.9. The molecule has 0 aliphatic heterocycles. The molecule has 0 aromatic carbocycles. The Morgan fingerprint density at radius 2 is 0.595 bits per heavy atom. The molecule has 9 nitrogen and oxygen atoms in total. The Bertz CT molecular complexity index is 746. The van der Waals surface area contributed by atoms with Gasteiger partial charge in [-0.05, 0) is 0 Å². The van der Waals surface area contributed by atoms with E-state index in [-0.39, 0.29) is 17.3 Å². The van der Waals surface area contributed by atoms with E-state index in [1.165, 1.54) is 0 Å². The van der Waals surface area contributed by atoms with Crippen molar-refractivity contribution in [3.05, 3.63) is 0 Å². The molecule has 0 rings (SSSR count). The molecule has 13 heteroatoms. The second kappa shape index (κ2) is 22.1. The maximum absolute atomic E-state index is 12.5. The summed E-state index contributed by atoms with van der Waals surface area (Å²) >= 11 is -4.68. The van der Waals surface area contributed by atoms with Crippen molar-refractivity contribution in [1.29, 1.82) is 0 Å². The summed E-state index contributed by atoms with van der Waals surface area (Å²) in [5.41, 5.74) is 0. The first-order valence-electron chi connectivity index (χ1n) is 14.2. The van der Waals surface area contributed by atoms with Crippen molar-refractivity contribution in [3.63, 3.8) is 0 Å². The van der Waals surface area contributed by atoms with Crippen molar-refractivity contribution in [3.8, 4) is 0 Å². The Morgan fingerprint density at radius 3 is 0.838 bits per heavy atom. The van der Waals surface area contributed by atoms with Crippen LogP contribution in [0.2, 0.25) is 0 Å². The van der Waals surface area contributed by atoms with E-state index < -0.39 is 47.7 Å². The van der Waals surface area contributed by atoms with Crippen LogP contribution in [0.3, 0.4) is 0 Å². The first-order valence-corrected chi connectivity index (χ1v) is 21.9. The summed E-state index contributed by atoms with van der Waals surface area (Å²) in [6, 6.07) is 0.